The van der Waals surface area contributed by atoms with Crippen molar-refractivity contribution < 1.29 is 48.0 Å². The Morgan fingerprint density at radius 1 is 0.574 bits per heavy atom. The number of hydroxylamine groups is 4. The maximum absolute atomic E-state index is 12.6. The van der Waals surface area contributed by atoms with Gasteiger partial charge in [0.25, 0.3) is 11.8 Å². The first-order chi connectivity index (χ1) is 29.6. The van der Waals surface area contributed by atoms with Gasteiger partial charge in [-0.1, -0.05) is 117 Å². The molecule has 0 spiro atoms. The molecule has 322 valence electrons. The van der Waals surface area contributed by atoms with Gasteiger partial charge in [0.15, 0.2) is 11.5 Å². The minimum Gasteiger partial charge on any atom is -0.451 e. The van der Waals surface area contributed by atoms with Crippen molar-refractivity contribution in [2.45, 2.75) is 45.4 Å². The molecule has 16 nitrogen and oxygen atoms in total. The molecule has 2 atom stereocenters. The lowest BCUT2D eigenvalue weighted by molar-refractivity contribution is -0.155. The summed E-state index contributed by atoms with van der Waals surface area (Å²) >= 11 is 0. The maximum atomic E-state index is 12.6. The van der Waals surface area contributed by atoms with Crippen LogP contribution in [0.2, 0.25) is 0 Å². The maximum Gasteiger partial charge on any atom is 0.288 e. The molecule has 6 amide bonds. The third-order valence-corrected chi connectivity index (χ3v) is 9.38. The van der Waals surface area contributed by atoms with Gasteiger partial charge < -0.3 is 30.1 Å². The van der Waals surface area contributed by atoms with Crippen LogP contribution in [0.1, 0.15) is 65.7 Å². The molecule has 61 heavy (non-hydrogen) atoms. The lowest BCUT2D eigenvalue weighted by atomic mass is 9.98. The van der Waals surface area contributed by atoms with Gasteiger partial charge in [0, 0.05) is 11.1 Å². The molecule has 16 heteroatoms. The molecule has 0 unspecified atom stereocenters. The molecule has 0 saturated carbocycles. The summed E-state index contributed by atoms with van der Waals surface area (Å²) in [6, 6.07) is 34.9. The van der Waals surface area contributed by atoms with Gasteiger partial charge in [-0.2, -0.15) is 0 Å². The number of hydrogen-bond acceptors (Lipinski definition) is 10. The van der Waals surface area contributed by atoms with Crippen molar-refractivity contribution >= 4 is 36.4 Å². The Bertz CT molecular complexity index is 2110. The number of amides is 6. The highest BCUT2D eigenvalue weighted by Crippen LogP contribution is 2.23. The van der Waals surface area contributed by atoms with E-state index < -0.39 is 23.7 Å². The Morgan fingerprint density at radius 3 is 1.43 bits per heavy atom. The zero-order valence-corrected chi connectivity index (χ0v) is 33.9. The van der Waals surface area contributed by atoms with Crippen LogP contribution in [0.3, 0.4) is 0 Å². The molecule has 5 rings (SSSR count). The quantitative estimate of drug-likeness (QED) is 0.0156. The summed E-state index contributed by atoms with van der Waals surface area (Å²) < 4.78 is 11.2. The molecule has 6 N–H and O–H groups in total. The first kappa shape index (κ1) is 46.6. The number of nitrogens with one attached hydrogen (secondary N) is 4. The summed E-state index contributed by atoms with van der Waals surface area (Å²) in [4.78, 5) is 70.9. The Kier molecular flexibility index (Phi) is 19.5. The number of carbonyl (C=O) groups excluding carboxylic acids is 6. The van der Waals surface area contributed by atoms with Crippen LogP contribution < -0.4 is 21.3 Å². The number of furan rings is 2. The highest BCUT2D eigenvalue weighted by Gasteiger charge is 2.23. The van der Waals surface area contributed by atoms with Gasteiger partial charge in [0.1, 0.15) is 11.5 Å². The van der Waals surface area contributed by atoms with Crippen LogP contribution >= 0.6 is 0 Å². The van der Waals surface area contributed by atoms with E-state index in [9.17, 15) is 39.2 Å². The minimum atomic E-state index is -0.643. The van der Waals surface area contributed by atoms with Crippen LogP contribution in [-0.4, -0.2) is 83.4 Å². The standard InChI is InChI=1S/C24H25N3O5.C21H27N3O5/c28-17-27(31)15-20(12-11-18-7-3-1-4-8-18)23(29)25-16-26-24(30)22-14-13-21(32-22)19-9-5-2-6-10-19;1-2-3-5-10-17(13-24(28)15-25)20(26)22-14-23-21(27)19-12-11-18(29-19)16-8-6-4-7-9-16/h1-10,13-14,17,20,31H,11-12,15-16H2,(H,25,29)(H,26,30);4,6-9,11-12,15,17,28H,2-3,5,10,13-14H2,1H3,(H,22,26)(H,23,27)/t20-;17-/m11/s1. The minimum absolute atomic E-state index is 0.0875. The molecular formula is C45H52N6O10. The van der Waals surface area contributed by atoms with E-state index in [1.807, 2.05) is 97.9 Å². The monoisotopic (exact) mass is 836 g/mol. The SMILES string of the molecule is CCCCC[C@H](CN(O)C=O)C(=O)NCNC(=O)c1ccc(-c2ccccc2)o1.O=CN(O)C[C@@H](CCc1ccccc1)C(=O)NCNC(=O)c1ccc(-c2ccccc2)o1. The average molecular weight is 837 g/mol. The molecule has 5 aromatic rings. The largest absolute Gasteiger partial charge is 0.451 e. The van der Waals surface area contributed by atoms with E-state index in [0.29, 0.717) is 40.9 Å². The predicted molar refractivity (Wildman–Crippen MR) is 224 cm³/mol. The van der Waals surface area contributed by atoms with E-state index in [4.69, 9.17) is 8.83 Å². The van der Waals surface area contributed by atoms with Crippen LogP contribution in [0.4, 0.5) is 0 Å². The fraction of sp³-hybridized carbons (Fsp3) is 0.289. The predicted octanol–water partition coefficient (Wildman–Crippen LogP) is 5.64. The zero-order valence-electron chi connectivity index (χ0n) is 33.9. The number of carbonyl (C=O) groups is 6. The smallest absolute Gasteiger partial charge is 0.288 e. The van der Waals surface area contributed by atoms with E-state index in [0.717, 1.165) is 36.0 Å². The highest BCUT2D eigenvalue weighted by atomic mass is 16.5. The third-order valence-electron chi connectivity index (χ3n) is 9.38. The fourth-order valence-electron chi connectivity index (χ4n) is 6.10. The van der Waals surface area contributed by atoms with Crippen molar-refractivity contribution in [3.63, 3.8) is 0 Å². The van der Waals surface area contributed by atoms with Crippen LogP contribution in [0.15, 0.2) is 124 Å². The van der Waals surface area contributed by atoms with Crippen LogP contribution in [0.5, 0.6) is 0 Å². The molecule has 0 bridgehead atoms. The van der Waals surface area contributed by atoms with Crippen molar-refractivity contribution in [1.82, 2.24) is 31.4 Å². The van der Waals surface area contributed by atoms with Gasteiger partial charge in [-0.15, -0.1) is 0 Å². The van der Waals surface area contributed by atoms with E-state index in [1.165, 1.54) is 0 Å². The molecule has 0 saturated heterocycles. The lowest BCUT2D eigenvalue weighted by Gasteiger charge is -2.19. The van der Waals surface area contributed by atoms with E-state index in [1.54, 1.807) is 24.3 Å². The van der Waals surface area contributed by atoms with Gasteiger partial charge in [0.05, 0.1) is 38.3 Å². The molecule has 2 heterocycles. The Hall–Kier alpha value is -7.04. The van der Waals surface area contributed by atoms with Gasteiger partial charge in [0.2, 0.25) is 24.6 Å². The number of nitrogens with zero attached hydrogens (tertiary/aromatic N) is 2. The van der Waals surface area contributed by atoms with Crippen LogP contribution in [0.25, 0.3) is 22.6 Å². The number of unbranched alkanes of at least 4 members (excludes halogenated alkanes) is 2. The summed E-state index contributed by atoms with van der Waals surface area (Å²) in [5, 5.41) is 30.2. The summed E-state index contributed by atoms with van der Waals surface area (Å²) in [7, 11) is 0. The van der Waals surface area contributed by atoms with Gasteiger partial charge in [-0.3, -0.25) is 39.2 Å². The first-order valence-corrected chi connectivity index (χ1v) is 19.9. The fourth-order valence-corrected chi connectivity index (χ4v) is 6.10. The molecule has 0 aliphatic heterocycles. The topological polar surface area (TPSA) is 224 Å². The second-order valence-corrected chi connectivity index (χ2v) is 13.9. The molecule has 3 aromatic carbocycles. The van der Waals surface area contributed by atoms with E-state index in [-0.39, 0.29) is 62.6 Å². The molecular weight excluding hydrogens is 785 g/mol. The Labute approximate surface area is 353 Å². The number of aryl methyl sites for hydroxylation is 1. The lowest BCUT2D eigenvalue weighted by Crippen LogP contribution is -2.43. The van der Waals surface area contributed by atoms with Crippen molar-refractivity contribution in [3.8, 4) is 22.6 Å². The average Bonchev–Trinajstić information content (AvgIpc) is 4.00. The van der Waals surface area contributed by atoms with Gasteiger partial charge >= 0.3 is 0 Å². The van der Waals surface area contributed by atoms with E-state index >= 15 is 0 Å². The number of hydrogen-bond donors (Lipinski definition) is 6. The van der Waals surface area contributed by atoms with Crippen molar-refractivity contribution in [1.29, 1.82) is 0 Å². The van der Waals surface area contributed by atoms with Gasteiger partial charge in [-0.25, -0.2) is 10.1 Å². The number of benzene rings is 3. The summed E-state index contributed by atoms with van der Waals surface area (Å²) in [6.07, 6.45) is 4.85. The first-order valence-electron chi connectivity index (χ1n) is 19.9. The van der Waals surface area contributed by atoms with Gasteiger partial charge in [-0.05, 0) is 49.1 Å². The van der Waals surface area contributed by atoms with Crippen LogP contribution in [0, 0.1) is 11.8 Å². The van der Waals surface area contributed by atoms with Crippen molar-refractivity contribution in [2.75, 3.05) is 26.4 Å². The molecule has 0 aliphatic carbocycles. The van der Waals surface area contributed by atoms with Crippen molar-refractivity contribution in [3.05, 3.63) is 132 Å². The third kappa shape index (κ3) is 15.9. The highest BCUT2D eigenvalue weighted by molar-refractivity contribution is 5.93. The Morgan fingerprint density at radius 2 is 1.00 bits per heavy atom. The molecule has 0 radical (unpaired) electrons. The Balaban J connectivity index is 0.000000270. The number of rotatable bonds is 23. The second-order valence-electron chi connectivity index (χ2n) is 13.9. The summed E-state index contributed by atoms with van der Waals surface area (Å²) in [5.41, 5.74) is 2.75. The summed E-state index contributed by atoms with van der Waals surface area (Å²) in [6.45, 7) is 1.61. The summed E-state index contributed by atoms with van der Waals surface area (Å²) in [5.74, 6) is -1.43. The zero-order chi connectivity index (χ0) is 43.8. The van der Waals surface area contributed by atoms with Crippen molar-refractivity contribution in [2.24, 2.45) is 11.8 Å². The van der Waals surface area contributed by atoms with E-state index in [2.05, 4.69) is 21.3 Å². The normalized spacial score (nSPS) is 11.5. The molecule has 2 aromatic heterocycles. The second kappa shape index (κ2) is 25.4. The molecule has 0 aliphatic rings. The molecule has 0 fully saturated rings. The van der Waals surface area contributed by atoms with Crippen LogP contribution in [-0.2, 0) is 25.6 Å².